The van der Waals surface area contributed by atoms with E-state index in [9.17, 15) is 0 Å². The second-order valence-electron chi connectivity index (χ2n) is 4.85. The molecule has 1 aliphatic carbocycles. The molecule has 0 saturated heterocycles. The zero-order chi connectivity index (χ0) is 12.8. The second kappa shape index (κ2) is 4.06. The number of rotatable bonds is 3. The maximum Gasteiger partial charge on any atom is 0.200 e. The van der Waals surface area contributed by atoms with Crippen molar-refractivity contribution >= 4 is 33.3 Å². The first-order valence-corrected chi connectivity index (χ1v) is 7.22. The summed E-state index contributed by atoms with van der Waals surface area (Å²) in [5.74, 6) is 3.46. The van der Waals surface area contributed by atoms with Crippen LogP contribution >= 0.6 is 11.3 Å². The Labute approximate surface area is 114 Å². The Balaban J connectivity index is 1.75. The van der Waals surface area contributed by atoms with Crippen molar-refractivity contribution in [3.8, 4) is 0 Å². The van der Waals surface area contributed by atoms with Crippen molar-refractivity contribution in [2.24, 2.45) is 0 Å². The Morgan fingerprint density at radius 3 is 3.00 bits per heavy atom. The molecular formula is C14H13N3OS. The van der Waals surface area contributed by atoms with Gasteiger partial charge in [0.25, 0.3) is 0 Å². The maximum absolute atomic E-state index is 5.92. The first kappa shape index (κ1) is 11.0. The van der Waals surface area contributed by atoms with Gasteiger partial charge >= 0.3 is 0 Å². The quantitative estimate of drug-likeness (QED) is 0.724. The molecule has 3 aromatic heterocycles. The summed E-state index contributed by atoms with van der Waals surface area (Å²) in [6, 6.07) is 6.15. The molecule has 19 heavy (non-hydrogen) atoms. The number of thiophene rings is 1. The van der Waals surface area contributed by atoms with E-state index in [1.807, 2.05) is 23.4 Å². The Morgan fingerprint density at radius 2 is 2.16 bits per heavy atom. The molecule has 0 amide bonds. The number of furan rings is 1. The topological polar surface area (TPSA) is 42.2 Å². The summed E-state index contributed by atoms with van der Waals surface area (Å²) in [5.41, 5.74) is 0. The van der Waals surface area contributed by atoms with Crippen LogP contribution in [0.5, 0.6) is 0 Å². The summed E-state index contributed by atoms with van der Waals surface area (Å²) >= 11 is 1.63. The summed E-state index contributed by atoms with van der Waals surface area (Å²) < 4.78 is 5.92. The average Bonchev–Trinajstić information content (AvgIpc) is 2.99. The maximum atomic E-state index is 5.92. The predicted molar refractivity (Wildman–Crippen MR) is 76.2 cm³/mol. The summed E-state index contributed by atoms with van der Waals surface area (Å²) in [4.78, 5) is 11.7. The van der Waals surface area contributed by atoms with Gasteiger partial charge in [0.05, 0.1) is 5.39 Å². The van der Waals surface area contributed by atoms with Gasteiger partial charge in [-0.2, -0.15) is 0 Å². The van der Waals surface area contributed by atoms with Crippen molar-refractivity contribution in [3.63, 3.8) is 0 Å². The smallest absolute Gasteiger partial charge is 0.200 e. The van der Waals surface area contributed by atoms with Gasteiger partial charge in [-0.05, 0) is 30.4 Å². The number of hydrogen-bond acceptors (Lipinski definition) is 5. The van der Waals surface area contributed by atoms with Crippen molar-refractivity contribution in [2.45, 2.75) is 18.8 Å². The Morgan fingerprint density at radius 1 is 1.26 bits per heavy atom. The van der Waals surface area contributed by atoms with Gasteiger partial charge in [0.15, 0.2) is 0 Å². The molecule has 0 bridgehead atoms. The van der Waals surface area contributed by atoms with E-state index in [4.69, 9.17) is 4.42 Å². The van der Waals surface area contributed by atoms with Crippen LogP contribution in [0.1, 0.15) is 24.5 Å². The van der Waals surface area contributed by atoms with Crippen molar-refractivity contribution < 1.29 is 4.42 Å². The molecule has 5 heteroatoms. The van der Waals surface area contributed by atoms with Crippen LogP contribution in [-0.2, 0) is 0 Å². The van der Waals surface area contributed by atoms with E-state index in [1.54, 1.807) is 17.7 Å². The van der Waals surface area contributed by atoms with Crippen LogP contribution in [0.3, 0.4) is 0 Å². The van der Waals surface area contributed by atoms with Gasteiger partial charge in [0, 0.05) is 19.0 Å². The molecule has 96 valence electrons. The molecule has 0 unspecified atom stereocenters. The zero-order valence-electron chi connectivity index (χ0n) is 10.5. The molecule has 3 aromatic rings. The lowest BCUT2D eigenvalue weighted by molar-refractivity contribution is 0.516. The minimum atomic E-state index is 0.633. The fraction of sp³-hybridized carbons (Fsp3) is 0.286. The average molecular weight is 271 g/mol. The van der Waals surface area contributed by atoms with Gasteiger partial charge in [-0.3, -0.25) is 4.90 Å². The number of anilines is 2. The highest BCUT2D eigenvalue weighted by atomic mass is 32.1. The molecule has 4 nitrogen and oxygen atoms in total. The zero-order valence-corrected chi connectivity index (χ0v) is 11.4. The molecule has 0 aromatic carbocycles. The third kappa shape index (κ3) is 1.81. The molecule has 0 N–H and O–H groups in total. The summed E-state index contributed by atoms with van der Waals surface area (Å²) in [6.07, 6.45) is 4.10. The van der Waals surface area contributed by atoms with Gasteiger partial charge in [-0.15, -0.1) is 11.3 Å². The van der Waals surface area contributed by atoms with E-state index in [-0.39, 0.29) is 0 Å². The molecular weight excluding hydrogens is 258 g/mol. The van der Waals surface area contributed by atoms with Crippen molar-refractivity contribution in [2.75, 3.05) is 11.9 Å². The van der Waals surface area contributed by atoms with E-state index >= 15 is 0 Å². The van der Waals surface area contributed by atoms with E-state index in [2.05, 4.69) is 22.1 Å². The van der Waals surface area contributed by atoms with Crippen molar-refractivity contribution in [3.05, 3.63) is 35.7 Å². The summed E-state index contributed by atoms with van der Waals surface area (Å²) in [7, 11) is 1.98. The number of aromatic nitrogens is 2. The van der Waals surface area contributed by atoms with E-state index in [1.165, 1.54) is 12.8 Å². The first-order valence-electron chi connectivity index (χ1n) is 6.34. The normalized spacial score (nSPS) is 15.0. The van der Waals surface area contributed by atoms with Gasteiger partial charge in [0.2, 0.25) is 5.88 Å². The lowest BCUT2D eigenvalue weighted by atomic mass is 10.3. The Kier molecular flexibility index (Phi) is 2.35. The van der Waals surface area contributed by atoms with E-state index in [0.717, 1.165) is 27.7 Å². The highest BCUT2D eigenvalue weighted by Crippen LogP contribution is 2.42. The van der Waals surface area contributed by atoms with Crippen LogP contribution in [0.25, 0.3) is 10.2 Å². The van der Waals surface area contributed by atoms with Crippen LogP contribution in [0.2, 0.25) is 0 Å². The second-order valence-corrected chi connectivity index (χ2v) is 5.74. The molecule has 0 spiro atoms. The fourth-order valence-corrected chi connectivity index (χ4v) is 2.99. The van der Waals surface area contributed by atoms with Crippen LogP contribution in [0.15, 0.2) is 34.3 Å². The molecule has 3 heterocycles. The first-order chi connectivity index (χ1) is 9.33. The van der Waals surface area contributed by atoms with E-state index < -0.39 is 0 Å². The van der Waals surface area contributed by atoms with E-state index in [0.29, 0.717) is 5.92 Å². The Bertz CT molecular complexity index is 729. The highest BCUT2D eigenvalue weighted by molar-refractivity contribution is 7.16. The molecule has 4 rings (SSSR count). The lowest BCUT2D eigenvalue weighted by Crippen LogP contribution is -2.10. The van der Waals surface area contributed by atoms with Gasteiger partial charge in [-0.25, -0.2) is 9.97 Å². The standard InChI is InChI=1S/C14H13N3OS/c1-17(12-5-4-11(18-12)9-2-3-9)13-10-6-7-19-14(10)16-8-15-13/h4-9H,2-3H2,1H3. The molecule has 1 saturated carbocycles. The molecule has 0 atom stereocenters. The van der Waals surface area contributed by atoms with Gasteiger partial charge in [0.1, 0.15) is 22.7 Å². The molecule has 0 radical (unpaired) electrons. The predicted octanol–water partition coefficient (Wildman–Crippen LogP) is 3.93. The fourth-order valence-electron chi connectivity index (χ4n) is 2.26. The number of fused-ring (bicyclic) bond motifs is 1. The molecule has 0 aliphatic heterocycles. The van der Waals surface area contributed by atoms with Crippen LogP contribution in [-0.4, -0.2) is 17.0 Å². The molecule has 1 fully saturated rings. The SMILES string of the molecule is CN(c1ccc(C2CC2)o1)c1ncnc2sccc12. The molecule has 1 aliphatic rings. The van der Waals surface area contributed by atoms with Crippen LogP contribution in [0, 0.1) is 0 Å². The summed E-state index contributed by atoms with van der Waals surface area (Å²) in [5, 5.41) is 3.11. The number of nitrogens with zero attached hydrogens (tertiary/aromatic N) is 3. The van der Waals surface area contributed by atoms with Crippen molar-refractivity contribution in [1.29, 1.82) is 0 Å². The van der Waals surface area contributed by atoms with Crippen LogP contribution in [0.4, 0.5) is 11.7 Å². The van der Waals surface area contributed by atoms with Gasteiger partial charge in [-0.1, -0.05) is 0 Å². The third-order valence-electron chi connectivity index (χ3n) is 3.48. The summed E-state index contributed by atoms with van der Waals surface area (Å²) in [6.45, 7) is 0. The number of hydrogen-bond donors (Lipinski definition) is 0. The minimum absolute atomic E-state index is 0.633. The largest absolute Gasteiger partial charge is 0.445 e. The minimum Gasteiger partial charge on any atom is -0.445 e. The third-order valence-corrected chi connectivity index (χ3v) is 4.30. The lowest BCUT2D eigenvalue weighted by Gasteiger charge is -2.15. The van der Waals surface area contributed by atoms with Crippen LogP contribution < -0.4 is 4.90 Å². The van der Waals surface area contributed by atoms with Gasteiger partial charge < -0.3 is 4.42 Å². The Hall–Kier alpha value is -1.88. The monoisotopic (exact) mass is 271 g/mol. The van der Waals surface area contributed by atoms with Crippen molar-refractivity contribution in [1.82, 2.24) is 9.97 Å². The highest BCUT2D eigenvalue weighted by Gasteiger charge is 2.27.